The van der Waals surface area contributed by atoms with Crippen LogP contribution in [0, 0.1) is 5.82 Å². The molecular weight excluding hydrogens is 205 g/mol. The fourth-order valence-corrected chi connectivity index (χ4v) is 1.57. The summed E-state index contributed by atoms with van der Waals surface area (Å²) in [6.45, 7) is 0.633. The van der Waals surface area contributed by atoms with Crippen molar-refractivity contribution in [3.8, 4) is 0 Å². The molecule has 0 atom stereocenters. The van der Waals surface area contributed by atoms with Crippen molar-refractivity contribution in [3.63, 3.8) is 0 Å². The number of methoxy groups -OCH3 is 1. The van der Waals surface area contributed by atoms with Crippen LogP contribution in [0.25, 0.3) is 0 Å². The van der Waals surface area contributed by atoms with Crippen LogP contribution < -0.4 is 5.73 Å². The first-order valence-corrected chi connectivity index (χ1v) is 4.72. The highest BCUT2D eigenvalue weighted by Crippen LogP contribution is 2.20. The second kappa shape index (κ2) is 5.29. The molecule has 0 spiro atoms. The van der Waals surface area contributed by atoms with Gasteiger partial charge in [0, 0.05) is 17.7 Å². The summed E-state index contributed by atoms with van der Waals surface area (Å²) < 4.78 is 18.5. The van der Waals surface area contributed by atoms with Crippen LogP contribution in [0.3, 0.4) is 0 Å². The number of rotatable bonds is 4. The summed E-state index contributed by atoms with van der Waals surface area (Å²) in [5.41, 5.74) is 6.39. The van der Waals surface area contributed by atoms with E-state index < -0.39 is 0 Å². The predicted octanol–water partition coefficient (Wildman–Crippen LogP) is 2.13. The van der Waals surface area contributed by atoms with Crippen molar-refractivity contribution in [1.82, 2.24) is 0 Å². The molecule has 0 saturated heterocycles. The predicted molar refractivity (Wildman–Crippen MR) is 54.9 cm³/mol. The molecule has 0 amide bonds. The smallest absolute Gasteiger partial charge is 0.132 e. The minimum absolute atomic E-state index is 0.226. The lowest BCUT2D eigenvalue weighted by Gasteiger charge is -2.07. The highest BCUT2D eigenvalue weighted by Gasteiger charge is 2.09. The molecule has 78 valence electrons. The summed E-state index contributed by atoms with van der Waals surface area (Å²) >= 11 is 5.83. The van der Waals surface area contributed by atoms with Gasteiger partial charge in [-0.05, 0) is 30.7 Å². The van der Waals surface area contributed by atoms with E-state index in [9.17, 15) is 4.39 Å². The molecule has 0 aliphatic rings. The van der Waals surface area contributed by atoms with Crippen molar-refractivity contribution in [2.45, 2.75) is 13.0 Å². The van der Waals surface area contributed by atoms with Gasteiger partial charge in [0.25, 0.3) is 0 Å². The van der Waals surface area contributed by atoms with Crippen LogP contribution in [-0.4, -0.2) is 13.7 Å². The Balaban J connectivity index is 3.04. The monoisotopic (exact) mass is 217 g/mol. The lowest BCUT2D eigenvalue weighted by Crippen LogP contribution is -2.06. The molecule has 2 nitrogen and oxygen atoms in total. The standard InChI is InChI=1S/C10H13ClFNO/c1-14-6-8-5-9(11)4-7(2-3-13)10(8)12/h4-5H,2-3,6,13H2,1H3. The van der Waals surface area contributed by atoms with Gasteiger partial charge in [-0.1, -0.05) is 11.6 Å². The molecule has 2 N–H and O–H groups in total. The molecule has 1 aromatic carbocycles. The van der Waals surface area contributed by atoms with Gasteiger partial charge in [0.1, 0.15) is 5.82 Å². The average molecular weight is 218 g/mol. The molecule has 14 heavy (non-hydrogen) atoms. The molecule has 0 radical (unpaired) electrons. The van der Waals surface area contributed by atoms with Gasteiger partial charge in [-0.25, -0.2) is 4.39 Å². The number of benzene rings is 1. The van der Waals surface area contributed by atoms with Crippen LogP contribution in [0.15, 0.2) is 12.1 Å². The molecule has 0 bridgehead atoms. The van der Waals surface area contributed by atoms with Gasteiger partial charge >= 0.3 is 0 Å². The summed E-state index contributed by atoms with van der Waals surface area (Å²) in [6.07, 6.45) is 0.489. The van der Waals surface area contributed by atoms with Crippen molar-refractivity contribution in [2.24, 2.45) is 5.73 Å². The summed E-state index contributed by atoms with van der Waals surface area (Å²) in [5, 5.41) is 0.516. The Kier molecular flexibility index (Phi) is 4.32. The Labute approximate surface area is 87.8 Å². The Morgan fingerprint density at radius 2 is 2.07 bits per heavy atom. The maximum absolute atomic E-state index is 13.6. The first kappa shape index (κ1) is 11.4. The molecule has 4 heteroatoms. The second-order valence-electron chi connectivity index (χ2n) is 3.01. The summed E-state index contributed by atoms with van der Waals surface area (Å²) in [5.74, 6) is -0.262. The van der Waals surface area contributed by atoms with Gasteiger partial charge in [0.2, 0.25) is 0 Å². The summed E-state index contributed by atoms with van der Waals surface area (Å²) in [6, 6.07) is 3.17. The van der Waals surface area contributed by atoms with E-state index >= 15 is 0 Å². The zero-order valence-electron chi connectivity index (χ0n) is 8.02. The van der Waals surface area contributed by atoms with Gasteiger partial charge < -0.3 is 10.5 Å². The molecule has 1 rings (SSSR count). The zero-order valence-corrected chi connectivity index (χ0v) is 8.77. The summed E-state index contributed by atoms with van der Waals surface area (Å²) in [4.78, 5) is 0. The molecule has 0 aromatic heterocycles. The molecule has 0 aliphatic carbocycles. The van der Waals surface area contributed by atoms with Gasteiger partial charge in [-0.15, -0.1) is 0 Å². The van der Waals surface area contributed by atoms with Crippen molar-refractivity contribution in [1.29, 1.82) is 0 Å². The van der Waals surface area contributed by atoms with Crippen LogP contribution in [0.4, 0.5) is 4.39 Å². The van der Waals surface area contributed by atoms with Crippen molar-refractivity contribution in [3.05, 3.63) is 34.1 Å². The quantitative estimate of drug-likeness (QED) is 0.839. The number of hydrogen-bond donors (Lipinski definition) is 1. The molecular formula is C10H13ClFNO. The van der Waals surface area contributed by atoms with E-state index in [-0.39, 0.29) is 12.4 Å². The van der Waals surface area contributed by atoms with Gasteiger partial charge in [-0.2, -0.15) is 0 Å². The summed E-state index contributed by atoms with van der Waals surface area (Å²) in [7, 11) is 1.52. The van der Waals surface area contributed by atoms with E-state index in [4.69, 9.17) is 22.1 Å². The minimum Gasteiger partial charge on any atom is -0.380 e. The molecule has 0 saturated carbocycles. The lowest BCUT2D eigenvalue weighted by molar-refractivity contribution is 0.181. The normalized spacial score (nSPS) is 10.6. The number of nitrogens with two attached hydrogens (primary N) is 1. The van der Waals surface area contributed by atoms with E-state index in [0.717, 1.165) is 0 Å². The zero-order chi connectivity index (χ0) is 10.6. The number of hydrogen-bond acceptors (Lipinski definition) is 2. The van der Waals surface area contributed by atoms with Crippen LogP contribution >= 0.6 is 11.6 Å². The number of halogens is 2. The topological polar surface area (TPSA) is 35.2 Å². The Morgan fingerprint density at radius 1 is 1.43 bits per heavy atom. The maximum atomic E-state index is 13.6. The van der Waals surface area contributed by atoms with E-state index in [0.29, 0.717) is 29.1 Å². The fourth-order valence-electron chi connectivity index (χ4n) is 1.31. The highest BCUT2D eigenvalue weighted by atomic mass is 35.5. The third-order valence-electron chi connectivity index (χ3n) is 1.90. The first-order chi connectivity index (χ1) is 6.69. The largest absolute Gasteiger partial charge is 0.380 e. The van der Waals surface area contributed by atoms with Crippen LogP contribution in [0.5, 0.6) is 0 Å². The maximum Gasteiger partial charge on any atom is 0.132 e. The Morgan fingerprint density at radius 3 is 2.64 bits per heavy atom. The highest BCUT2D eigenvalue weighted by molar-refractivity contribution is 6.30. The van der Waals surface area contributed by atoms with E-state index in [2.05, 4.69) is 0 Å². The van der Waals surface area contributed by atoms with Crippen molar-refractivity contribution < 1.29 is 9.13 Å². The lowest BCUT2D eigenvalue weighted by atomic mass is 10.1. The van der Waals surface area contributed by atoms with Gasteiger partial charge in [-0.3, -0.25) is 0 Å². The molecule has 0 unspecified atom stereocenters. The molecule has 0 heterocycles. The third kappa shape index (κ3) is 2.67. The first-order valence-electron chi connectivity index (χ1n) is 4.34. The number of ether oxygens (including phenoxy) is 1. The molecule has 0 fully saturated rings. The van der Waals surface area contributed by atoms with Crippen LogP contribution in [0.1, 0.15) is 11.1 Å². The SMILES string of the molecule is COCc1cc(Cl)cc(CCN)c1F. The van der Waals surface area contributed by atoms with Gasteiger partial charge in [0.15, 0.2) is 0 Å². The molecule has 0 aliphatic heterocycles. The van der Waals surface area contributed by atoms with Crippen molar-refractivity contribution >= 4 is 11.6 Å². The molecule has 1 aromatic rings. The third-order valence-corrected chi connectivity index (χ3v) is 2.12. The van der Waals surface area contributed by atoms with E-state index in [1.807, 2.05) is 0 Å². The average Bonchev–Trinajstić information content (AvgIpc) is 2.14. The van der Waals surface area contributed by atoms with Gasteiger partial charge in [0.05, 0.1) is 6.61 Å². The van der Waals surface area contributed by atoms with Crippen molar-refractivity contribution in [2.75, 3.05) is 13.7 Å². The minimum atomic E-state index is -0.262. The Bertz CT molecular complexity index is 290. The second-order valence-corrected chi connectivity index (χ2v) is 3.45. The van der Waals surface area contributed by atoms with Crippen LogP contribution in [-0.2, 0) is 17.8 Å². The Hall–Kier alpha value is -0.640. The van der Waals surface area contributed by atoms with E-state index in [1.54, 1.807) is 12.1 Å². The fraction of sp³-hybridized carbons (Fsp3) is 0.400. The van der Waals surface area contributed by atoms with Crippen LogP contribution in [0.2, 0.25) is 5.02 Å². The van der Waals surface area contributed by atoms with E-state index in [1.165, 1.54) is 7.11 Å².